The first-order valence-electron chi connectivity index (χ1n) is 10.4. The normalized spacial score (nSPS) is 12.0. The predicted molar refractivity (Wildman–Crippen MR) is 120 cm³/mol. The molecular weight excluding hydrogens is 412 g/mol. The third kappa shape index (κ3) is 4.83. The average molecular weight is 438 g/mol. The Morgan fingerprint density at radius 2 is 1.84 bits per heavy atom. The zero-order valence-electron chi connectivity index (χ0n) is 18.1. The average Bonchev–Trinajstić information content (AvgIpc) is 2.80. The summed E-state index contributed by atoms with van der Waals surface area (Å²) in [5.74, 6) is -1.17. The van der Waals surface area contributed by atoms with E-state index in [-0.39, 0.29) is 36.0 Å². The third-order valence-electron chi connectivity index (χ3n) is 5.33. The first-order valence-corrected chi connectivity index (χ1v) is 10.4. The fourth-order valence-electron chi connectivity index (χ4n) is 3.65. The van der Waals surface area contributed by atoms with Crippen LogP contribution in [0.15, 0.2) is 47.3 Å². The first kappa shape index (κ1) is 23.1. The minimum atomic E-state index is -0.926. The van der Waals surface area contributed by atoms with Crippen LogP contribution in [0.1, 0.15) is 43.5 Å². The fourth-order valence-corrected chi connectivity index (χ4v) is 3.65. The number of aliphatic carboxylic acids is 1. The summed E-state index contributed by atoms with van der Waals surface area (Å²) >= 11 is 0. The number of anilines is 1. The molecule has 0 aliphatic carbocycles. The van der Waals surface area contributed by atoms with Gasteiger partial charge in [0, 0.05) is 13.5 Å². The highest BCUT2D eigenvalue weighted by molar-refractivity contribution is 5.93. The number of benzene rings is 1. The first-order chi connectivity index (χ1) is 15.4. The summed E-state index contributed by atoms with van der Waals surface area (Å²) in [6.07, 6.45) is 1.08. The van der Waals surface area contributed by atoms with Crippen LogP contribution in [0.2, 0.25) is 0 Å². The van der Waals surface area contributed by atoms with E-state index in [2.05, 4.69) is 9.97 Å². The van der Waals surface area contributed by atoms with Gasteiger partial charge in [0.05, 0.1) is 6.04 Å². The second-order valence-corrected chi connectivity index (χ2v) is 7.44. The van der Waals surface area contributed by atoms with Crippen molar-refractivity contribution in [3.05, 3.63) is 64.1 Å². The van der Waals surface area contributed by atoms with Gasteiger partial charge >= 0.3 is 5.97 Å². The quantitative estimate of drug-likeness (QED) is 0.524. The Hall–Kier alpha value is -3.59. The van der Waals surface area contributed by atoms with Crippen LogP contribution < -0.4 is 10.5 Å². The molecule has 2 heterocycles. The van der Waals surface area contributed by atoms with Crippen LogP contribution in [-0.2, 0) is 16.0 Å². The summed E-state index contributed by atoms with van der Waals surface area (Å²) in [5.41, 5.74) is 1.66. The van der Waals surface area contributed by atoms with E-state index in [1.165, 1.54) is 11.9 Å². The van der Waals surface area contributed by atoms with Crippen molar-refractivity contribution >= 4 is 28.9 Å². The van der Waals surface area contributed by atoms with Crippen molar-refractivity contribution in [3.8, 4) is 0 Å². The molecule has 9 heteroatoms. The van der Waals surface area contributed by atoms with E-state index in [4.69, 9.17) is 5.11 Å². The maximum atomic E-state index is 13.5. The van der Waals surface area contributed by atoms with Gasteiger partial charge < -0.3 is 10.2 Å². The van der Waals surface area contributed by atoms with E-state index in [9.17, 15) is 19.5 Å². The molecule has 0 radical (unpaired) electrons. The number of pyridine rings is 1. The van der Waals surface area contributed by atoms with Gasteiger partial charge in [0.2, 0.25) is 0 Å². The number of hydrogen-bond donors (Lipinski definition) is 2. The Morgan fingerprint density at radius 1 is 1.12 bits per heavy atom. The van der Waals surface area contributed by atoms with Crippen molar-refractivity contribution < 1.29 is 19.8 Å². The molecule has 1 atom stereocenters. The van der Waals surface area contributed by atoms with Crippen LogP contribution in [0.3, 0.4) is 0 Å². The smallest absolute Gasteiger partial charge is 0.303 e. The minimum absolute atomic E-state index is 0.0553. The molecule has 0 aliphatic heterocycles. The summed E-state index contributed by atoms with van der Waals surface area (Å²) in [4.78, 5) is 46.6. The molecule has 0 saturated carbocycles. The van der Waals surface area contributed by atoms with Crippen molar-refractivity contribution in [1.82, 2.24) is 14.5 Å². The number of carbonyl (C=O) groups excluding carboxylic acids is 1. The third-order valence-corrected chi connectivity index (χ3v) is 5.33. The molecule has 2 aromatic heterocycles. The molecule has 0 bridgehead atoms. The number of aliphatic hydroxyl groups excluding tert-OH is 1. The number of aliphatic hydroxyl groups is 1. The van der Waals surface area contributed by atoms with Gasteiger partial charge in [0.1, 0.15) is 23.6 Å². The van der Waals surface area contributed by atoms with Crippen molar-refractivity contribution in [3.63, 3.8) is 0 Å². The number of carboxylic acids is 1. The van der Waals surface area contributed by atoms with E-state index in [1.807, 2.05) is 37.3 Å². The summed E-state index contributed by atoms with van der Waals surface area (Å²) in [6, 6.07) is 12.5. The Kier molecular flexibility index (Phi) is 7.32. The monoisotopic (exact) mass is 438 g/mol. The van der Waals surface area contributed by atoms with Crippen molar-refractivity contribution in [2.45, 2.75) is 38.6 Å². The SMILES string of the molecule is CC[C@@H](c1ccccc1)n1c(=O)c(CCCC(=O)O)nc2ccc(N(C)C(=O)CO)nc21. The van der Waals surface area contributed by atoms with Crippen LogP contribution in [-0.4, -0.2) is 50.3 Å². The van der Waals surface area contributed by atoms with Crippen molar-refractivity contribution in [2.24, 2.45) is 0 Å². The molecule has 3 aromatic rings. The van der Waals surface area contributed by atoms with E-state index in [0.717, 1.165) is 5.56 Å². The topological polar surface area (TPSA) is 126 Å². The van der Waals surface area contributed by atoms with E-state index in [0.29, 0.717) is 24.0 Å². The molecule has 0 unspecified atom stereocenters. The largest absolute Gasteiger partial charge is 0.481 e. The maximum Gasteiger partial charge on any atom is 0.303 e. The lowest BCUT2D eigenvalue weighted by molar-refractivity contribution is -0.137. The molecular formula is C23H26N4O5. The maximum absolute atomic E-state index is 13.5. The molecule has 0 saturated heterocycles. The summed E-state index contributed by atoms with van der Waals surface area (Å²) in [6.45, 7) is 1.30. The lowest BCUT2D eigenvalue weighted by Gasteiger charge is -2.22. The molecule has 0 fully saturated rings. The van der Waals surface area contributed by atoms with Crippen LogP contribution in [0, 0.1) is 0 Å². The molecule has 1 amide bonds. The second kappa shape index (κ2) is 10.1. The highest BCUT2D eigenvalue weighted by Gasteiger charge is 2.22. The van der Waals surface area contributed by atoms with Gasteiger partial charge in [0.15, 0.2) is 5.65 Å². The molecule has 3 rings (SSSR count). The zero-order valence-corrected chi connectivity index (χ0v) is 18.1. The molecule has 168 valence electrons. The van der Waals surface area contributed by atoms with Gasteiger partial charge in [0.25, 0.3) is 11.5 Å². The van der Waals surface area contributed by atoms with E-state index >= 15 is 0 Å². The highest BCUT2D eigenvalue weighted by Crippen LogP contribution is 2.25. The lowest BCUT2D eigenvalue weighted by atomic mass is 10.0. The number of rotatable bonds is 9. The number of amides is 1. The Balaban J connectivity index is 2.22. The van der Waals surface area contributed by atoms with Crippen molar-refractivity contribution in [1.29, 1.82) is 0 Å². The number of aromatic nitrogens is 3. The second-order valence-electron chi connectivity index (χ2n) is 7.44. The molecule has 9 nitrogen and oxygen atoms in total. The van der Waals surface area contributed by atoms with E-state index < -0.39 is 18.5 Å². The van der Waals surface area contributed by atoms with Gasteiger partial charge in [-0.05, 0) is 37.0 Å². The summed E-state index contributed by atoms with van der Waals surface area (Å²) in [7, 11) is 1.50. The highest BCUT2D eigenvalue weighted by atomic mass is 16.4. The van der Waals surface area contributed by atoms with Crippen LogP contribution in [0.25, 0.3) is 11.2 Å². The van der Waals surface area contributed by atoms with Gasteiger partial charge in [-0.3, -0.25) is 23.9 Å². The number of likely N-dealkylation sites (N-methyl/N-ethyl adjacent to an activating group) is 1. The summed E-state index contributed by atoms with van der Waals surface area (Å²) in [5, 5.41) is 18.1. The van der Waals surface area contributed by atoms with Crippen LogP contribution in [0.4, 0.5) is 5.82 Å². The number of aryl methyl sites for hydroxylation is 1. The lowest BCUT2D eigenvalue weighted by Crippen LogP contribution is -2.32. The van der Waals surface area contributed by atoms with Crippen LogP contribution in [0.5, 0.6) is 0 Å². The van der Waals surface area contributed by atoms with Crippen LogP contribution >= 0.6 is 0 Å². The summed E-state index contributed by atoms with van der Waals surface area (Å²) < 4.78 is 1.58. The Morgan fingerprint density at radius 3 is 2.47 bits per heavy atom. The number of carbonyl (C=O) groups is 2. The van der Waals surface area contributed by atoms with Gasteiger partial charge in [-0.25, -0.2) is 9.97 Å². The van der Waals surface area contributed by atoms with Crippen molar-refractivity contribution in [2.75, 3.05) is 18.6 Å². The van der Waals surface area contributed by atoms with Gasteiger partial charge in [-0.1, -0.05) is 37.3 Å². The molecule has 1 aromatic carbocycles. The van der Waals surface area contributed by atoms with E-state index in [1.54, 1.807) is 16.7 Å². The zero-order chi connectivity index (χ0) is 23.3. The van der Waals surface area contributed by atoms with Gasteiger partial charge in [-0.15, -0.1) is 0 Å². The predicted octanol–water partition coefficient (Wildman–Crippen LogP) is 2.15. The number of hydrogen-bond acceptors (Lipinski definition) is 6. The molecule has 32 heavy (non-hydrogen) atoms. The van der Waals surface area contributed by atoms with Gasteiger partial charge in [-0.2, -0.15) is 0 Å². The molecule has 0 aliphatic rings. The number of carboxylic acid groups (broad SMARTS) is 1. The minimum Gasteiger partial charge on any atom is -0.481 e. The fraction of sp³-hybridized carbons (Fsp3) is 0.348. The Labute approximate surface area is 185 Å². The standard InChI is InChI=1S/C23H26N4O5/c1-3-18(15-8-5-4-6-9-15)27-22-16(12-13-19(25-22)26(2)20(29)14-28)24-17(23(27)32)10-7-11-21(30)31/h4-6,8-9,12-13,18,28H,3,7,10-11,14H2,1-2H3,(H,30,31)/t18-/m0/s1. The molecule has 2 N–H and O–H groups in total. The number of fused-ring (bicyclic) bond motifs is 1. The number of nitrogens with zero attached hydrogens (tertiary/aromatic N) is 4. The molecule has 0 spiro atoms. The Bertz CT molecular complexity index is 1180.